The van der Waals surface area contributed by atoms with E-state index in [0.29, 0.717) is 11.1 Å². The van der Waals surface area contributed by atoms with Crippen LogP contribution in [0.2, 0.25) is 0 Å². The lowest BCUT2D eigenvalue weighted by atomic mass is 10.1. The second-order valence-electron chi connectivity index (χ2n) is 4.31. The topological polar surface area (TPSA) is 81.7 Å². The van der Waals surface area contributed by atoms with Gasteiger partial charge in [0.05, 0.1) is 16.5 Å². The molecule has 108 valence electrons. The van der Waals surface area contributed by atoms with E-state index in [4.69, 9.17) is 10.5 Å². The Morgan fingerprint density at radius 3 is 2.09 bits per heavy atom. The first kappa shape index (κ1) is 15.4. The van der Waals surface area contributed by atoms with E-state index in [-0.39, 0.29) is 4.90 Å². The number of halogens is 1. The molecule has 0 radical (unpaired) electrons. The smallest absolute Gasteiger partial charge is 0.216 e. The molecule has 0 aliphatic carbocycles. The summed E-state index contributed by atoms with van der Waals surface area (Å²) in [5, 5.41) is 17.8. The molecular weight excluding hydrogens is 303 g/mol. The van der Waals surface area contributed by atoms with Crippen LogP contribution in [-0.2, 0) is 9.84 Å². The highest BCUT2D eigenvalue weighted by molar-refractivity contribution is 7.95. The van der Waals surface area contributed by atoms with E-state index >= 15 is 0 Å². The Morgan fingerprint density at radius 1 is 1.00 bits per heavy atom. The third-order valence-electron chi connectivity index (χ3n) is 2.86. The average molecular weight is 312 g/mol. The van der Waals surface area contributed by atoms with Gasteiger partial charge in [0.2, 0.25) is 9.84 Å². The van der Waals surface area contributed by atoms with Crippen molar-refractivity contribution in [2.45, 2.75) is 4.90 Å². The highest BCUT2D eigenvalue weighted by Gasteiger charge is 2.20. The zero-order valence-corrected chi connectivity index (χ0v) is 12.0. The van der Waals surface area contributed by atoms with Crippen LogP contribution in [0.15, 0.2) is 58.3 Å². The number of nitrogens with zero attached hydrogens (tertiary/aromatic N) is 2. The van der Waals surface area contributed by atoms with Crippen molar-refractivity contribution in [3.05, 3.63) is 70.4 Å². The normalized spacial score (nSPS) is 11.5. The maximum Gasteiger partial charge on any atom is 0.216 e. The Balaban J connectivity index is 2.46. The van der Waals surface area contributed by atoms with Crippen LogP contribution in [0.3, 0.4) is 0 Å². The van der Waals surface area contributed by atoms with Crippen molar-refractivity contribution in [3.8, 4) is 12.1 Å². The molecule has 0 atom stereocenters. The van der Waals surface area contributed by atoms with E-state index in [0.717, 1.165) is 24.3 Å². The second kappa shape index (κ2) is 6.21. The molecule has 0 aliphatic rings. The highest BCUT2D eigenvalue weighted by Crippen LogP contribution is 2.21. The minimum atomic E-state index is -4.01. The summed E-state index contributed by atoms with van der Waals surface area (Å²) in [6, 6.07) is 14.0. The number of rotatable bonds is 3. The van der Waals surface area contributed by atoms with Crippen LogP contribution in [0.5, 0.6) is 0 Å². The van der Waals surface area contributed by atoms with E-state index < -0.39 is 20.6 Å². The summed E-state index contributed by atoms with van der Waals surface area (Å²) in [6.07, 6.45) is 1.21. The van der Waals surface area contributed by atoms with Gasteiger partial charge in [0.1, 0.15) is 16.8 Å². The predicted octanol–water partition coefficient (Wildman–Crippen LogP) is 3.04. The van der Waals surface area contributed by atoms with Gasteiger partial charge in [0.25, 0.3) is 0 Å². The average Bonchev–Trinajstić information content (AvgIpc) is 2.53. The van der Waals surface area contributed by atoms with Crippen molar-refractivity contribution in [2.24, 2.45) is 0 Å². The monoisotopic (exact) mass is 312 g/mol. The Bertz CT molecular complexity index is 901. The van der Waals surface area contributed by atoms with Crippen LogP contribution < -0.4 is 0 Å². The van der Waals surface area contributed by atoms with Gasteiger partial charge >= 0.3 is 0 Å². The Hall–Kier alpha value is -2.96. The summed E-state index contributed by atoms with van der Waals surface area (Å²) in [5.74, 6) is -0.562. The lowest BCUT2D eigenvalue weighted by Gasteiger charge is -2.03. The number of sulfone groups is 1. The number of hydrogen-bond donors (Lipinski definition) is 0. The summed E-state index contributed by atoms with van der Waals surface area (Å²) in [7, 11) is -4.01. The van der Waals surface area contributed by atoms with Crippen molar-refractivity contribution in [1.29, 1.82) is 10.5 Å². The van der Waals surface area contributed by atoms with Crippen LogP contribution in [0.25, 0.3) is 6.08 Å². The molecule has 0 saturated carbocycles. The fraction of sp³-hybridized carbons (Fsp3) is 0. The summed E-state index contributed by atoms with van der Waals surface area (Å²) in [5.41, 5.74) is 0.901. The van der Waals surface area contributed by atoms with Crippen LogP contribution in [0.4, 0.5) is 4.39 Å². The van der Waals surface area contributed by atoms with Crippen LogP contribution in [-0.4, -0.2) is 8.42 Å². The van der Waals surface area contributed by atoms with E-state index in [1.165, 1.54) is 30.3 Å². The minimum absolute atomic E-state index is 0.157. The molecule has 2 aromatic rings. The maximum atomic E-state index is 12.9. The Labute approximate surface area is 127 Å². The largest absolute Gasteiger partial charge is 0.218 e. The molecule has 4 nitrogen and oxygen atoms in total. The van der Waals surface area contributed by atoms with E-state index in [9.17, 15) is 12.8 Å². The summed E-state index contributed by atoms with van der Waals surface area (Å²) >= 11 is 0. The molecule has 0 amide bonds. The fourth-order valence-electron chi connectivity index (χ4n) is 1.72. The zero-order chi connectivity index (χ0) is 16.2. The molecular formula is C16H9FN2O2S. The third kappa shape index (κ3) is 3.20. The van der Waals surface area contributed by atoms with Crippen molar-refractivity contribution >= 4 is 15.9 Å². The molecule has 0 saturated heterocycles. The fourth-order valence-corrected chi connectivity index (χ4v) is 2.88. The molecule has 0 bridgehead atoms. The lowest BCUT2D eigenvalue weighted by Crippen LogP contribution is -2.03. The van der Waals surface area contributed by atoms with Crippen LogP contribution in [0.1, 0.15) is 11.1 Å². The summed E-state index contributed by atoms with van der Waals surface area (Å²) < 4.78 is 37.5. The Morgan fingerprint density at radius 2 is 1.59 bits per heavy atom. The molecule has 0 spiro atoms. The summed E-state index contributed by atoms with van der Waals surface area (Å²) in [6.45, 7) is 0. The highest BCUT2D eigenvalue weighted by atomic mass is 32.2. The van der Waals surface area contributed by atoms with Gasteiger partial charge in [-0.1, -0.05) is 12.1 Å². The van der Waals surface area contributed by atoms with Gasteiger partial charge in [0.15, 0.2) is 0 Å². The molecule has 0 N–H and O–H groups in total. The lowest BCUT2D eigenvalue weighted by molar-refractivity contribution is 0.601. The zero-order valence-electron chi connectivity index (χ0n) is 11.2. The number of hydrogen-bond acceptors (Lipinski definition) is 4. The quantitative estimate of drug-likeness (QED) is 0.644. The van der Waals surface area contributed by atoms with Gasteiger partial charge in [-0.15, -0.1) is 0 Å². The molecule has 6 heteroatoms. The maximum absolute atomic E-state index is 12.9. The second-order valence-corrected chi connectivity index (χ2v) is 6.23. The molecule has 0 aromatic heterocycles. The van der Waals surface area contributed by atoms with Gasteiger partial charge < -0.3 is 0 Å². The Kier molecular flexibility index (Phi) is 4.36. The van der Waals surface area contributed by atoms with Crippen LogP contribution >= 0.6 is 0 Å². The molecule has 22 heavy (non-hydrogen) atoms. The number of benzene rings is 2. The molecule has 0 aliphatic heterocycles. The van der Waals surface area contributed by atoms with Gasteiger partial charge in [0, 0.05) is 0 Å². The van der Waals surface area contributed by atoms with Crippen molar-refractivity contribution in [2.75, 3.05) is 0 Å². The molecule has 2 rings (SSSR count). The van der Waals surface area contributed by atoms with Crippen LogP contribution in [0, 0.1) is 28.5 Å². The van der Waals surface area contributed by atoms with Crippen molar-refractivity contribution in [3.63, 3.8) is 0 Å². The van der Waals surface area contributed by atoms with E-state index in [1.807, 2.05) is 6.07 Å². The van der Waals surface area contributed by atoms with Gasteiger partial charge in [-0.2, -0.15) is 10.5 Å². The summed E-state index contributed by atoms with van der Waals surface area (Å²) in [4.78, 5) is -0.612. The number of allylic oxidation sites excluding steroid dienone is 1. The third-order valence-corrected chi connectivity index (χ3v) is 4.54. The minimum Gasteiger partial charge on any atom is -0.218 e. The van der Waals surface area contributed by atoms with Crippen molar-refractivity contribution in [1.82, 2.24) is 0 Å². The predicted molar refractivity (Wildman–Crippen MR) is 78.3 cm³/mol. The number of nitriles is 2. The van der Waals surface area contributed by atoms with Crippen molar-refractivity contribution < 1.29 is 12.8 Å². The molecule has 2 aromatic carbocycles. The molecule has 0 unspecified atom stereocenters. The first-order chi connectivity index (χ1) is 10.5. The standard InChI is InChI=1S/C16H9FN2O2S/c17-14-5-7-15(8-6-14)22(20,21)16(11-19)9-12-1-3-13(10-18)4-2-12/h1-9H/b16-9+. The first-order valence-corrected chi connectivity index (χ1v) is 7.58. The molecule has 0 fully saturated rings. The van der Waals surface area contributed by atoms with Gasteiger partial charge in [-0.05, 0) is 48.0 Å². The van der Waals surface area contributed by atoms with E-state index in [1.54, 1.807) is 6.07 Å². The van der Waals surface area contributed by atoms with E-state index in [2.05, 4.69) is 0 Å². The van der Waals surface area contributed by atoms with Gasteiger partial charge in [-0.3, -0.25) is 0 Å². The van der Waals surface area contributed by atoms with Gasteiger partial charge in [-0.25, -0.2) is 12.8 Å². The first-order valence-electron chi connectivity index (χ1n) is 6.10. The SMILES string of the molecule is N#C/C(=C\c1ccc(C#N)cc1)S(=O)(=O)c1ccc(F)cc1. The molecule has 0 heterocycles.